The number of rotatable bonds is 7. The van der Waals surface area contributed by atoms with E-state index in [4.69, 9.17) is 9.15 Å². The lowest BCUT2D eigenvalue weighted by Gasteiger charge is -2.25. The molecule has 5 nitrogen and oxygen atoms in total. The summed E-state index contributed by atoms with van der Waals surface area (Å²) in [5, 5.41) is 0. The van der Waals surface area contributed by atoms with E-state index in [1.54, 1.807) is 0 Å². The Bertz CT molecular complexity index is 988. The summed E-state index contributed by atoms with van der Waals surface area (Å²) >= 11 is 0. The summed E-state index contributed by atoms with van der Waals surface area (Å²) in [4.78, 5) is 19.9. The van der Waals surface area contributed by atoms with Crippen LogP contribution in [0.4, 0.5) is 0 Å². The van der Waals surface area contributed by atoms with Crippen LogP contribution in [0.5, 0.6) is 0 Å². The Morgan fingerprint density at radius 3 is 2.69 bits per heavy atom. The van der Waals surface area contributed by atoms with Crippen molar-refractivity contribution in [2.24, 2.45) is 5.92 Å². The number of ether oxygens (including phenoxy) is 1. The van der Waals surface area contributed by atoms with Gasteiger partial charge in [-0.15, -0.1) is 0 Å². The highest BCUT2D eigenvalue weighted by atomic mass is 16.5. The van der Waals surface area contributed by atoms with Crippen LogP contribution >= 0.6 is 0 Å². The lowest BCUT2D eigenvalue weighted by atomic mass is 10.1. The van der Waals surface area contributed by atoms with Crippen molar-refractivity contribution < 1.29 is 13.9 Å². The minimum absolute atomic E-state index is 0.0712. The van der Waals surface area contributed by atoms with E-state index >= 15 is 0 Å². The van der Waals surface area contributed by atoms with Gasteiger partial charge in [0.25, 0.3) is 5.91 Å². The maximum atomic E-state index is 13.2. The molecule has 0 spiro atoms. The molecule has 1 amide bonds. The van der Waals surface area contributed by atoms with Gasteiger partial charge in [0.15, 0.2) is 11.5 Å². The number of amides is 1. The molecule has 3 aromatic rings. The molecule has 2 heterocycles. The van der Waals surface area contributed by atoms with Crippen LogP contribution < -0.4 is 0 Å². The lowest BCUT2D eigenvalue weighted by molar-refractivity contribution is 0.0515. The molecule has 1 atom stereocenters. The molecule has 1 aliphatic heterocycles. The molecule has 0 radical (unpaired) electrons. The quantitative estimate of drug-likeness (QED) is 0.598. The van der Waals surface area contributed by atoms with Gasteiger partial charge in [-0.1, -0.05) is 30.3 Å². The Balaban J connectivity index is 1.35. The van der Waals surface area contributed by atoms with E-state index in [0.717, 1.165) is 42.7 Å². The van der Waals surface area contributed by atoms with Crippen molar-refractivity contribution in [1.82, 2.24) is 9.88 Å². The summed E-state index contributed by atoms with van der Waals surface area (Å²) in [7, 11) is 0. The molecule has 2 fully saturated rings. The van der Waals surface area contributed by atoms with E-state index in [1.165, 1.54) is 12.8 Å². The molecule has 1 aromatic heterocycles. The van der Waals surface area contributed by atoms with Crippen molar-refractivity contribution in [2.75, 3.05) is 19.7 Å². The first-order valence-corrected chi connectivity index (χ1v) is 10.6. The van der Waals surface area contributed by atoms with Gasteiger partial charge in [-0.3, -0.25) is 4.79 Å². The van der Waals surface area contributed by atoms with Crippen LogP contribution in [0, 0.1) is 5.92 Å². The second kappa shape index (κ2) is 7.99. The third-order valence-electron chi connectivity index (χ3n) is 5.79. The molecule has 2 aromatic carbocycles. The summed E-state index contributed by atoms with van der Waals surface area (Å²) in [5.41, 5.74) is 3.30. The van der Waals surface area contributed by atoms with Gasteiger partial charge in [0.2, 0.25) is 0 Å². The fourth-order valence-electron chi connectivity index (χ4n) is 4.02. The maximum Gasteiger partial charge on any atom is 0.254 e. The van der Waals surface area contributed by atoms with Crippen LogP contribution in [-0.4, -0.2) is 41.6 Å². The molecule has 29 heavy (non-hydrogen) atoms. The van der Waals surface area contributed by atoms with Gasteiger partial charge < -0.3 is 14.1 Å². The van der Waals surface area contributed by atoms with Crippen molar-refractivity contribution in [3.05, 3.63) is 65.5 Å². The molecule has 1 saturated heterocycles. The first-order valence-electron chi connectivity index (χ1n) is 10.6. The number of oxazole rings is 1. The normalized spacial score (nSPS) is 19.0. The first kappa shape index (κ1) is 18.4. The second-order valence-electron chi connectivity index (χ2n) is 8.24. The van der Waals surface area contributed by atoms with Gasteiger partial charge in [0, 0.05) is 31.7 Å². The Kier molecular flexibility index (Phi) is 5.06. The van der Waals surface area contributed by atoms with Gasteiger partial charge in [0.05, 0.1) is 6.10 Å². The molecule has 5 heteroatoms. The number of carbonyl (C=O) groups is 1. The van der Waals surface area contributed by atoms with E-state index in [1.807, 2.05) is 41.3 Å². The molecule has 1 saturated carbocycles. The number of benzene rings is 2. The molecule has 1 unspecified atom stereocenters. The molecular formula is C24H26N2O3. The monoisotopic (exact) mass is 390 g/mol. The van der Waals surface area contributed by atoms with Crippen LogP contribution in [0.2, 0.25) is 0 Å². The number of carbonyl (C=O) groups excluding carboxylic acids is 1. The van der Waals surface area contributed by atoms with Crippen molar-refractivity contribution >= 4 is 17.0 Å². The van der Waals surface area contributed by atoms with E-state index < -0.39 is 0 Å². The van der Waals surface area contributed by atoms with Crippen LogP contribution in [0.25, 0.3) is 11.1 Å². The first-order chi connectivity index (χ1) is 14.2. The summed E-state index contributed by atoms with van der Waals surface area (Å²) in [6.07, 6.45) is 5.39. The summed E-state index contributed by atoms with van der Waals surface area (Å²) in [6, 6.07) is 15.7. The highest BCUT2D eigenvalue weighted by Crippen LogP contribution is 2.31. The summed E-state index contributed by atoms with van der Waals surface area (Å²) in [5.74, 6) is 1.39. The number of hydrogen-bond donors (Lipinski definition) is 0. The zero-order chi connectivity index (χ0) is 19.6. The van der Waals surface area contributed by atoms with E-state index in [2.05, 4.69) is 17.1 Å². The fourth-order valence-corrected chi connectivity index (χ4v) is 4.02. The van der Waals surface area contributed by atoms with Gasteiger partial charge in [-0.2, -0.15) is 0 Å². The number of nitrogens with zero attached hydrogens (tertiary/aromatic N) is 2. The van der Waals surface area contributed by atoms with Crippen LogP contribution in [0.15, 0.2) is 52.9 Å². The number of fused-ring (bicyclic) bond motifs is 1. The third-order valence-corrected chi connectivity index (χ3v) is 5.79. The standard InChI is InChI=1S/C24H26N2O3/c27-24(26(15-18-8-9-18)16-20-7-4-12-28-20)19-10-11-22-21(14-19)25-23(29-22)13-17-5-2-1-3-6-17/h1-3,5-6,10-11,14,18,20H,4,7-9,12-13,15-16H2. The number of hydrogen-bond acceptors (Lipinski definition) is 4. The maximum absolute atomic E-state index is 13.2. The number of aromatic nitrogens is 1. The largest absolute Gasteiger partial charge is 0.440 e. The molecule has 5 rings (SSSR count). The topological polar surface area (TPSA) is 55.6 Å². The molecule has 0 N–H and O–H groups in total. The van der Waals surface area contributed by atoms with Gasteiger partial charge in [-0.05, 0) is 55.4 Å². The molecule has 0 bridgehead atoms. The SMILES string of the molecule is O=C(c1ccc2oc(Cc3ccccc3)nc2c1)N(CC1CC1)CC1CCCO1. The van der Waals surface area contributed by atoms with Crippen molar-refractivity contribution in [2.45, 2.75) is 38.2 Å². The predicted molar refractivity (Wildman–Crippen MR) is 111 cm³/mol. The third kappa shape index (κ3) is 4.35. The molecule has 150 valence electrons. The van der Waals surface area contributed by atoms with E-state index in [0.29, 0.717) is 30.3 Å². The highest BCUT2D eigenvalue weighted by Gasteiger charge is 2.30. The summed E-state index contributed by atoms with van der Waals surface area (Å²) < 4.78 is 11.7. The van der Waals surface area contributed by atoms with E-state index in [9.17, 15) is 4.79 Å². The Labute approximate surface area is 170 Å². The van der Waals surface area contributed by atoms with Crippen molar-refractivity contribution in [3.63, 3.8) is 0 Å². The predicted octanol–water partition coefficient (Wildman–Crippen LogP) is 4.45. The Hall–Kier alpha value is -2.66. The van der Waals surface area contributed by atoms with Gasteiger partial charge in [-0.25, -0.2) is 4.98 Å². The smallest absolute Gasteiger partial charge is 0.254 e. The lowest BCUT2D eigenvalue weighted by Crippen LogP contribution is -2.38. The van der Waals surface area contributed by atoms with Gasteiger partial charge in [0.1, 0.15) is 5.52 Å². The van der Waals surface area contributed by atoms with Crippen molar-refractivity contribution in [3.8, 4) is 0 Å². The highest BCUT2D eigenvalue weighted by molar-refractivity contribution is 5.97. The molecular weight excluding hydrogens is 364 g/mol. The fraction of sp³-hybridized carbons (Fsp3) is 0.417. The minimum atomic E-state index is 0.0712. The average molecular weight is 390 g/mol. The zero-order valence-corrected chi connectivity index (χ0v) is 16.5. The summed E-state index contributed by atoms with van der Waals surface area (Å²) in [6.45, 7) is 2.32. The van der Waals surface area contributed by atoms with Crippen molar-refractivity contribution in [1.29, 1.82) is 0 Å². The average Bonchev–Trinajstić information content (AvgIpc) is 3.23. The van der Waals surface area contributed by atoms with Crippen LogP contribution in [0.3, 0.4) is 0 Å². The van der Waals surface area contributed by atoms with Gasteiger partial charge >= 0.3 is 0 Å². The minimum Gasteiger partial charge on any atom is -0.440 e. The molecule has 1 aliphatic carbocycles. The second-order valence-corrected chi connectivity index (χ2v) is 8.24. The molecule has 2 aliphatic rings. The van der Waals surface area contributed by atoms with Crippen LogP contribution in [-0.2, 0) is 11.2 Å². The Morgan fingerprint density at radius 1 is 1.07 bits per heavy atom. The van der Waals surface area contributed by atoms with E-state index in [-0.39, 0.29) is 12.0 Å². The Morgan fingerprint density at radius 2 is 1.93 bits per heavy atom. The van der Waals surface area contributed by atoms with Crippen LogP contribution in [0.1, 0.15) is 47.5 Å². The zero-order valence-electron chi connectivity index (χ0n) is 16.5.